The number of amides is 4. The molecular formula is C19H17ClN4O5. The third kappa shape index (κ3) is 3.44. The lowest BCUT2D eigenvalue weighted by Gasteiger charge is -2.21. The number of carbonyl (C=O) groups excluding carboxylic acids is 3. The van der Waals surface area contributed by atoms with Crippen LogP contribution < -0.4 is 20.1 Å². The summed E-state index contributed by atoms with van der Waals surface area (Å²) < 4.78 is 10.9. The number of anilines is 1. The number of nitrogens with one attached hydrogen (secondary N) is 2. The first-order chi connectivity index (χ1) is 13.9. The zero-order valence-electron chi connectivity index (χ0n) is 15.4. The summed E-state index contributed by atoms with van der Waals surface area (Å²) >= 11 is 6.19. The standard InChI is InChI=1S/C19H17ClN4O5/c1-19(15-4-2-3-5-21-15)17(26)24(18(27)23-19)10-16(25)22-12-9-14-13(8-11(12)20)28-6-7-29-14/h2-5,8-9H,6-7,10H2,1H3,(H,22,25)(H,23,27). The quantitative estimate of drug-likeness (QED) is 0.737. The van der Waals surface area contributed by atoms with Crippen molar-refractivity contribution in [3.8, 4) is 11.5 Å². The average Bonchev–Trinajstić information content (AvgIpc) is 2.93. The number of pyridine rings is 1. The highest BCUT2D eigenvalue weighted by Crippen LogP contribution is 2.38. The number of imide groups is 1. The van der Waals surface area contributed by atoms with Gasteiger partial charge in [0.1, 0.15) is 19.8 Å². The van der Waals surface area contributed by atoms with Gasteiger partial charge in [0.25, 0.3) is 5.91 Å². The van der Waals surface area contributed by atoms with Crippen LogP contribution in [0.5, 0.6) is 11.5 Å². The summed E-state index contributed by atoms with van der Waals surface area (Å²) in [6, 6.07) is 7.46. The number of hydrogen-bond acceptors (Lipinski definition) is 6. The summed E-state index contributed by atoms with van der Waals surface area (Å²) in [5.41, 5.74) is -0.663. The molecule has 1 fully saturated rings. The zero-order chi connectivity index (χ0) is 20.6. The Morgan fingerprint density at radius 2 is 2.00 bits per heavy atom. The van der Waals surface area contributed by atoms with Crippen LogP contribution in [0.15, 0.2) is 36.5 Å². The van der Waals surface area contributed by atoms with Crippen LogP contribution in [0.1, 0.15) is 12.6 Å². The zero-order valence-corrected chi connectivity index (χ0v) is 16.2. The molecule has 2 aliphatic rings. The van der Waals surface area contributed by atoms with Crippen molar-refractivity contribution in [2.45, 2.75) is 12.5 Å². The summed E-state index contributed by atoms with van der Waals surface area (Å²) in [7, 11) is 0. The van der Waals surface area contributed by atoms with E-state index in [4.69, 9.17) is 21.1 Å². The van der Waals surface area contributed by atoms with E-state index in [1.807, 2.05) is 0 Å². The molecule has 1 atom stereocenters. The molecule has 1 unspecified atom stereocenters. The summed E-state index contributed by atoms with van der Waals surface area (Å²) in [5.74, 6) is -0.213. The molecule has 4 amide bonds. The molecule has 3 heterocycles. The number of benzene rings is 1. The molecular weight excluding hydrogens is 400 g/mol. The van der Waals surface area contributed by atoms with Crippen molar-refractivity contribution in [2.24, 2.45) is 0 Å². The first-order valence-corrected chi connectivity index (χ1v) is 9.21. The molecule has 0 saturated carbocycles. The van der Waals surface area contributed by atoms with Gasteiger partial charge in [-0.1, -0.05) is 17.7 Å². The summed E-state index contributed by atoms with van der Waals surface area (Å²) in [5, 5.41) is 5.45. The maximum Gasteiger partial charge on any atom is 0.325 e. The van der Waals surface area contributed by atoms with Crippen LogP contribution in [-0.4, -0.2) is 47.5 Å². The molecule has 0 spiro atoms. The second kappa shape index (κ2) is 7.25. The minimum Gasteiger partial charge on any atom is -0.486 e. The molecule has 2 aromatic rings. The Kier molecular flexibility index (Phi) is 4.75. The molecule has 0 bridgehead atoms. The van der Waals surface area contributed by atoms with Gasteiger partial charge in [-0.25, -0.2) is 4.79 Å². The van der Waals surface area contributed by atoms with Crippen LogP contribution >= 0.6 is 11.6 Å². The Labute approximate surface area is 170 Å². The molecule has 1 aromatic heterocycles. The number of nitrogens with zero attached hydrogens (tertiary/aromatic N) is 2. The van der Waals surface area contributed by atoms with Crippen molar-refractivity contribution >= 4 is 35.1 Å². The number of urea groups is 1. The van der Waals surface area contributed by atoms with E-state index in [0.717, 1.165) is 4.90 Å². The third-order valence-electron chi connectivity index (χ3n) is 4.66. The summed E-state index contributed by atoms with van der Waals surface area (Å²) in [4.78, 5) is 42.7. The van der Waals surface area contributed by atoms with Crippen molar-refractivity contribution in [1.82, 2.24) is 15.2 Å². The number of ether oxygens (including phenoxy) is 2. The van der Waals surface area contributed by atoms with E-state index in [1.54, 1.807) is 31.2 Å². The van der Waals surface area contributed by atoms with Crippen LogP contribution in [0.3, 0.4) is 0 Å². The van der Waals surface area contributed by atoms with Gasteiger partial charge in [0.2, 0.25) is 5.91 Å². The van der Waals surface area contributed by atoms with E-state index in [9.17, 15) is 14.4 Å². The minimum atomic E-state index is -1.34. The second-order valence-electron chi connectivity index (χ2n) is 6.69. The number of fused-ring (bicyclic) bond motifs is 1. The SMILES string of the molecule is CC1(c2ccccn2)NC(=O)N(CC(=O)Nc2cc3c(cc2Cl)OCCO3)C1=O. The molecule has 2 aliphatic heterocycles. The molecule has 1 aromatic carbocycles. The molecule has 0 radical (unpaired) electrons. The fourth-order valence-electron chi connectivity index (χ4n) is 3.17. The maximum absolute atomic E-state index is 12.8. The Morgan fingerprint density at radius 1 is 1.28 bits per heavy atom. The van der Waals surface area contributed by atoms with Crippen molar-refractivity contribution in [3.05, 3.63) is 47.2 Å². The monoisotopic (exact) mass is 416 g/mol. The van der Waals surface area contributed by atoms with E-state index in [-0.39, 0.29) is 5.02 Å². The van der Waals surface area contributed by atoms with Crippen molar-refractivity contribution < 1.29 is 23.9 Å². The van der Waals surface area contributed by atoms with Gasteiger partial charge in [0.05, 0.1) is 16.4 Å². The third-order valence-corrected chi connectivity index (χ3v) is 4.97. The highest BCUT2D eigenvalue weighted by Gasteiger charge is 2.50. The Bertz CT molecular complexity index is 1000. The van der Waals surface area contributed by atoms with Crippen LogP contribution in [-0.2, 0) is 15.1 Å². The average molecular weight is 417 g/mol. The smallest absolute Gasteiger partial charge is 0.325 e. The van der Waals surface area contributed by atoms with Gasteiger partial charge in [-0.05, 0) is 19.1 Å². The highest BCUT2D eigenvalue weighted by atomic mass is 35.5. The molecule has 9 nitrogen and oxygen atoms in total. The van der Waals surface area contributed by atoms with E-state index in [2.05, 4.69) is 15.6 Å². The summed E-state index contributed by atoms with van der Waals surface area (Å²) in [6.45, 7) is 1.87. The van der Waals surface area contributed by atoms with Crippen LogP contribution in [0.4, 0.5) is 10.5 Å². The number of rotatable bonds is 4. The van der Waals surface area contributed by atoms with Gasteiger partial charge in [-0.2, -0.15) is 0 Å². The highest BCUT2D eigenvalue weighted by molar-refractivity contribution is 6.34. The maximum atomic E-state index is 12.8. The van der Waals surface area contributed by atoms with Gasteiger partial charge >= 0.3 is 6.03 Å². The van der Waals surface area contributed by atoms with Gasteiger partial charge in [-0.15, -0.1) is 0 Å². The largest absolute Gasteiger partial charge is 0.486 e. The molecule has 2 N–H and O–H groups in total. The predicted octanol–water partition coefficient (Wildman–Crippen LogP) is 1.91. The van der Waals surface area contributed by atoms with E-state index in [0.29, 0.717) is 36.1 Å². The van der Waals surface area contributed by atoms with E-state index >= 15 is 0 Å². The first-order valence-electron chi connectivity index (χ1n) is 8.83. The fraction of sp³-hybridized carbons (Fsp3) is 0.263. The number of hydrogen-bond donors (Lipinski definition) is 2. The number of halogens is 1. The predicted molar refractivity (Wildman–Crippen MR) is 103 cm³/mol. The normalized spacial score (nSPS) is 20.4. The number of carbonyl (C=O) groups is 3. The molecule has 0 aliphatic carbocycles. The van der Waals surface area contributed by atoms with Gasteiger partial charge < -0.3 is 20.1 Å². The van der Waals surface area contributed by atoms with Gasteiger partial charge in [-0.3, -0.25) is 19.5 Å². The topological polar surface area (TPSA) is 110 Å². The van der Waals surface area contributed by atoms with E-state index in [1.165, 1.54) is 12.3 Å². The molecule has 4 rings (SSSR count). The van der Waals surface area contributed by atoms with Gasteiger partial charge in [0, 0.05) is 18.3 Å². The Hall–Kier alpha value is -3.33. The Balaban J connectivity index is 1.49. The molecule has 150 valence electrons. The second-order valence-corrected chi connectivity index (χ2v) is 7.09. The van der Waals surface area contributed by atoms with Crippen molar-refractivity contribution in [3.63, 3.8) is 0 Å². The van der Waals surface area contributed by atoms with E-state index < -0.39 is 29.9 Å². The fourth-order valence-corrected chi connectivity index (χ4v) is 3.37. The van der Waals surface area contributed by atoms with Crippen molar-refractivity contribution in [2.75, 3.05) is 25.1 Å². The number of aromatic nitrogens is 1. The van der Waals surface area contributed by atoms with Gasteiger partial charge in [0.15, 0.2) is 17.0 Å². The minimum absolute atomic E-state index is 0.248. The van der Waals surface area contributed by atoms with Crippen molar-refractivity contribution in [1.29, 1.82) is 0 Å². The van der Waals surface area contributed by atoms with Crippen LogP contribution in [0, 0.1) is 0 Å². The molecule has 29 heavy (non-hydrogen) atoms. The summed E-state index contributed by atoms with van der Waals surface area (Å²) in [6.07, 6.45) is 1.53. The van der Waals surface area contributed by atoms with Crippen LogP contribution in [0.25, 0.3) is 0 Å². The first kappa shape index (κ1) is 19.0. The lowest BCUT2D eigenvalue weighted by molar-refractivity contribution is -0.133. The Morgan fingerprint density at radius 3 is 2.69 bits per heavy atom. The van der Waals surface area contributed by atoms with Crippen LogP contribution in [0.2, 0.25) is 5.02 Å². The molecule has 1 saturated heterocycles. The molecule has 10 heteroatoms. The lowest BCUT2D eigenvalue weighted by atomic mass is 9.97. The lowest BCUT2D eigenvalue weighted by Crippen LogP contribution is -2.42.